The Balaban J connectivity index is 0.000000200. The van der Waals surface area contributed by atoms with Crippen LogP contribution < -0.4 is 0 Å². The van der Waals surface area contributed by atoms with Crippen molar-refractivity contribution in [2.45, 2.75) is 0 Å². The van der Waals surface area contributed by atoms with Crippen molar-refractivity contribution < 1.29 is 20.1 Å². The first-order valence-electron chi connectivity index (χ1n) is 12.5. The minimum absolute atomic E-state index is 0. The summed E-state index contributed by atoms with van der Waals surface area (Å²) in [6.45, 7) is 0. The Morgan fingerprint density at radius 3 is 1.46 bits per heavy atom. The van der Waals surface area contributed by atoms with Crippen molar-refractivity contribution in [3.63, 3.8) is 0 Å². The average Bonchev–Trinajstić information content (AvgIpc) is 3.02. The van der Waals surface area contributed by atoms with E-state index in [0.29, 0.717) is 0 Å². The smallest absolute Gasteiger partial charge is 0.0970 e. The van der Waals surface area contributed by atoms with E-state index in [0.717, 1.165) is 33.1 Å². The van der Waals surface area contributed by atoms with E-state index in [1.165, 1.54) is 22.3 Å². The maximum absolute atomic E-state index is 4.67. The number of fused-ring (bicyclic) bond motifs is 3. The van der Waals surface area contributed by atoms with Crippen molar-refractivity contribution in [1.29, 1.82) is 0 Å². The summed E-state index contributed by atoms with van der Waals surface area (Å²) in [7, 11) is 0. The van der Waals surface area contributed by atoms with Gasteiger partial charge in [0.05, 0.1) is 11.0 Å². The Bertz CT molecular complexity index is 1660. The molecule has 4 aromatic carbocycles. The normalized spacial score (nSPS) is 10.4. The van der Waals surface area contributed by atoms with Gasteiger partial charge in [-0.3, -0.25) is 9.97 Å². The fourth-order valence-electron chi connectivity index (χ4n) is 4.64. The van der Waals surface area contributed by atoms with E-state index in [4.69, 9.17) is 0 Å². The molecule has 3 nitrogen and oxygen atoms in total. The Labute approximate surface area is 241 Å². The molecule has 189 valence electrons. The number of nitrogens with zero attached hydrogens (tertiary/aromatic N) is 3. The summed E-state index contributed by atoms with van der Waals surface area (Å²) >= 11 is 0. The Hall–Kier alpha value is -4.50. The summed E-state index contributed by atoms with van der Waals surface area (Å²) in [4.78, 5) is 13.6. The zero-order valence-corrected chi connectivity index (χ0v) is 23.4. The molecule has 0 saturated heterocycles. The van der Waals surface area contributed by atoms with E-state index in [1.807, 2.05) is 67.0 Å². The summed E-state index contributed by atoms with van der Waals surface area (Å²) in [5, 5.41) is 2.26. The van der Waals surface area contributed by atoms with Gasteiger partial charge >= 0.3 is 0 Å². The summed E-state index contributed by atoms with van der Waals surface area (Å²) in [5.74, 6) is 0. The molecule has 0 N–H and O–H groups in total. The van der Waals surface area contributed by atoms with Gasteiger partial charge in [-0.15, -0.1) is 35.9 Å². The van der Waals surface area contributed by atoms with Gasteiger partial charge in [0.25, 0.3) is 0 Å². The van der Waals surface area contributed by atoms with Crippen LogP contribution in [0.2, 0.25) is 0 Å². The standard InChI is InChI=1S/C24H16N2.C11H8N.Ir/c1-3-7-17(8-4-1)19-13-15-25-23-21(19)11-12-22-20(14-16-26-24(22)23)18-9-5-2-6-10-18;1-2-6-10(7-3-1)11-8-4-5-9-12-11;/h1-16H;1-6,8-9H;/q;-1;. The largest absolute Gasteiger partial charge is 0.305 e. The second-order valence-electron chi connectivity index (χ2n) is 8.80. The van der Waals surface area contributed by atoms with Crippen molar-refractivity contribution in [3.05, 3.63) is 152 Å². The molecule has 0 bridgehead atoms. The molecule has 0 unspecified atom stereocenters. The molecule has 7 aromatic rings. The predicted octanol–water partition coefficient (Wildman–Crippen LogP) is 8.66. The monoisotopic (exact) mass is 679 g/mol. The Morgan fingerprint density at radius 1 is 0.436 bits per heavy atom. The van der Waals surface area contributed by atoms with Crippen LogP contribution in [0.15, 0.2) is 146 Å². The van der Waals surface area contributed by atoms with Crippen molar-refractivity contribution in [1.82, 2.24) is 15.0 Å². The van der Waals surface area contributed by atoms with Gasteiger partial charge < -0.3 is 4.98 Å². The number of rotatable bonds is 3. The fraction of sp³-hybridized carbons (Fsp3) is 0. The first-order chi connectivity index (χ1) is 18.9. The van der Waals surface area contributed by atoms with Gasteiger partial charge in [-0.05, 0) is 46.1 Å². The zero-order valence-electron chi connectivity index (χ0n) is 21.0. The van der Waals surface area contributed by atoms with Gasteiger partial charge in [0, 0.05) is 49.5 Å². The van der Waals surface area contributed by atoms with Gasteiger partial charge in [-0.25, -0.2) is 0 Å². The minimum Gasteiger partial charge on any atom is -0.305 e. The van der Waals surface area contributed by atoms with E-state index in [9.17, 15) is 0 Å². The quantitative estimate of drug-likeness (QED) is 0.139. The van der Waals surface area contributed by atoms with E-state index >= 15 is 0 Å². The van der Waals surface area contributed by atoms with Crippen LogP contribution in [0.5, 0.6) is 0 Å². The zero-order chi connectivity index (χ0) is 25.6. The van der Waals surface area contributed by atoms with Gasteiger partial charge in [-0.2, -0.15) is 0 Å². The van der Waals surface area contributed by atoms with Crippen molar-refractivity contribution >= 4 is 21.8 Å². The minimum atomic E-state index is 0. The number of pyridine rings is 3. The Kier molecular flexibility index (Phi) is 8.28. The van der Waals surface area contributed by atoms with Crippen LogP contribution in [0.25, 0.3) is 55.3 Å². The van der Waals surface area contributed by atoms with Crippen LogP contribution in [0, 0.1) is 6.07 Å². The van der Waals surface area contributed by atoms with Crippen LogP contribution in [0.4, 0.5) is 0 Å². The Morgan fingerprint density at radius 2 is 0.974 bits per heavy atom. The molecule has 3 aromatic heterocycles. The maximum Gasteiger partial charge on any atom is 0.0970 e. The van der Waals surface area contributed by atoms with Crippen LogP contribution in [-0.4, -0.2) is 15.0 Å². The number of hydrogen-bond acceptors (Lipinski definition) is 3. The van der Waals surface area contributed by atoms with Crippen molar-refractivity contribution in [3.8, 4) is 33.5 Å². The molecule has 4 heteroatoms. The van der Waals surface area contributed by atoms with Gasteiger partial charge in [0.2, 0.25) is 0 Å². The summed E-state index contributed by atoms with van der Waals surface area (Å²) in [6, 6.07) is 46.2. The molecule has 7 rings (SSSR count). The topological polar surface area (TPSA) is 38.7 Å². The number of aromatic nitrogens is 3. The molecular formula is C35H24IrN3-. The molecule has 1 radical (unpaired) electrons. The van der Waals surface area contributed by atoms with Crippen LogP contribution >= 0.6 is 0 Å². The first-order valence-corrected chi connectivity index (χ1v) is 12.5. The summed E-state index contributed by atoms with van der Waals surface area (Å²) in [6.07, 6.45) is 5.54. The van der Waals surface area contributed by atoms with Gasteiger partial charge in [0.1, 0.15) is 0 Å². The van der Waals surface area contributed by atoms with Gasteiger partial charge in [-0.1, -0.05) is 84.9 Å². The van der Waals surface area contributed by atoms with E-state index < -0.39 is 0 Å². The third kappa shape index (κ3) is 5.68. The second-order valence-corrected chi connectivity index (χ2v) is 8.80. The van der Waals surface area contributed by atoms with Crippen molar-refractivity contribution in [2.24, 2.45) is 0 Å². The molecule has 0 aliphatic heterocycles. The number of benzene rings is 4. The first kappa shape index (κ1) is 26.1. The molecule has 39 heavy (non-hydrogen) atoms. The van der Waals surface area contributed by atoms with Gasteiger partial charge in [0.15, 0.2) is 0 Å². The molecule has 0 saturated carbocycles. The van der Waals surface area contributed by atoms with Crippen molar-refractivity contribution in [2.75, 3.05) is 0 Å². The second kappa shape index (κ2) is 12.4. The van der Waals surface area contributed by atoms with Crippen LogP contribution in [0.1, 0.15) is 0 Å². The molecule has 0 atom stereocenters. The molecule has 0 spiro atoms. The summed E-state index contributed by atoms with van der Waals surface area (Å²) < 4.78 is 0. The van der Waals surface area contributed by atoms with E-state index in [1.54, 1.807) is 6.20 Å². The fourth-order valence-corrected chi connectivity index (χ4v) is 4.64. The number of hydrogen-bond donors (Lipinski definition) is 0. The average molecular weight is 679 g/mol. The van der Waals surface area contributed by atoms with Crippen LogP contribution in [0.3, 0.4) is 0 Å². The molecule has 0 aliphatic carbocycles. The van der Waals surface area contributed by atoms with Crippen LogP contribution in [-0.2, 0) is 20.1 Å². The SMILES string of the molecule is [Ir].[c-]1ccccc1-c1ccccn1.c1ccc(-c2ccnc3c2ccc2c(-c4ccccc4)ccnc23)cc1. The molecule has 0 fully saturated rings. The third-order valence-electron chi connectivity index (χ3n) is 6.44. The van der Waals surface area contributed by atoms with E-state index in [-0.39, 0.29) is 20.1 Å². The molecule has 3 heterocycles. The van der Waals surface area contributed by atoms with E-state index in [2.05, 4.69) is 93.8 Å². The third-order valence-corrected chi connectivity index (χ3v) is 6.44. The molecular weight excluding hydrogens is 655 g/mol. The molecule has 0 amide bonds. The molecule has 0 aliphatic rings. The predicted molar refractivity (Wildman–Crippen MR) is 156 cm³/mol. The summed E-state index contributed by atoms with van der Waals surface area (Å²) in [5.41, 5.74) is 8.66. The maximum atomic E-state index is 4.67.